The summed E-state index contributed by atoms with van der Waals surface area (Å²) in [4.78, 5) is 0. The first kappa shape index (κ1) is 10.2. The number of rotatable bonds is 1. The summed E-state index contributed by atoms with van der Waals surface area (Å²) in [5.41, 5.74) is 0.762. The van der Waals surface area contributed by atoms with Crippen LogP contribution in [0.4, 0.5) is 0 Å². The van der Waals surface area contributed by atoms with Gasteiger partial charge in [0.15, 0.2) is 0 Å². The highest BCUT2D eigenvalue weighted by Crippen LogP contribution is 2.50. The highest BCUT2D eigenvalue weighted by molar-refractivity contribution is 7.56. The molecule has 2 unspecified atom stereocenters. The molecular weight excluding hydrogens is 206 g/mol. The third kappa shape index (κ3) is 1.62. The van der Waals surface area contributed by atoms with E-state index in [1.165, 1.54) is 10.7 Å². The summed E-state index contributed by atoms with van der Waals surface area (Å²) in [6.45, 7) is 6.92. The van der Waals surface area contributed by atoms with Gasteiger partial charge in [0.05, 0.1) is 0 Å². The summed E-state index contributed by atoms with van der Waals surface area (Å²) < 4.78 is 0. The highest BCUT2D eigenvalue weighted by Gasteiger charge is 2.09. The zero-order valence-electron chi connectivity index (χ0n) is 8.91. The lowest BCUT2D eigenvalue weighted by molar-refractivity contribution is 1.03. The minimum Gasteiger partial charge on any atom is -0.111 e. The normalized spacial score (nSPS) is 12.8. The molecule has 0 radical (unpaired) electrons. The highest BCUT2D eigenvalue weighted by atomic mass is 31.1. The maximum Gasteiger partial charge on any atom is 0.00172 e. The van der Waals surface area contributed by atoms with Gasteiger partial charge in [-0.25, -0.2) is 0 Å². The second-order valence-corrected chi connectivity index (χ2v) is 7.69. The first-order chi connectivity index (χ1) is 6.59. The molecule has 0 amide bonds. The summed E-state index contributed by atoms with van der Waals surface area (Å²) in [6.07, 6.45) is 0. The SMILES string of the molecule is Cc1cc2cc(P)ccc2p1C(C)C. The molecule has 0 aliphatic heterocycles. The monoisotopic (exact) mass is 222 g/mol. The number of hydrogen-bond donors (Lipinski definition) is 0. The number of fused-ring (bicyclic) bond motifs is 1. The van der Waals surface area contributed by atoms with Crippen molar-refractivity contribution in [2.75, 3.05) is 0 Å². The summed E-state index contributed by atoms with van der Waals surface area (Å²) in [7, 11) is 2.73. The summed E-state index contributed by atoms with van der Waals surface area (Å²) in [5, 5.41) is 5.86. The molecule has 74 valence electrons. The molecule has 0 spiro atoms. The Morgan fingerprint density at radius 3 is 2.57 bits per heavy atom. The van der Waals surface area contributed by atoms with Crippen LogP contribution in [0.5, 0.6) is 0 Å². The Bertz CT molecular complexity index is 466. The molecule has 1 heterocycles. The lowest BCUT2D eigenvalue weighted by Gasteiger charge is -2.07. The fraction of sp³-hybridized carbons (Fsp3) is 0.333. The lowest BCUT2D eigenvalue weighted by atomic mass is 10.2. The predicted molar refractivity (Wildman–Crippen MR) is 71.1 cm³/mol. The second kappa shape index (κ2) is 3.69. The standard InChI is InChI=1S/C12H16P2/c1-8(2)14-9(3)6-10-7-11(13)4-5-12(10)14/h4-8H,13H2,1-3H3. The van der Waals surface area contributed by atoms with Gasteiger partial charge in [0.1, 0.15) is 0 Å². The van der Waals surface area contributed by atoms with E-state index in [1.807, 2.05) is 0 Å². The van der Waals surface area contributed by atoms with Crippen molar-refractivity contribution in [3.05, 3.63) is 29.6 Å². The van der Waals surface area contributed by atoms with E-state index in [0.29, 0.717) is 0 Å². The Balaban J connectivity index is 2.77. The first-order valence-electron chi connectivity index (χ1n) is 4.96. The lowest BCUT2D eigenvalue weighted by Crippen LogP contribution is -1.85. The van der Waals surface area contributed by atoms with E-state index in [-0.39, 0.29) is 7.53 Å². The first-order valence-corrected chi connectivity index (χ1v) is 6.95. The maximum atomic E-state index is 2.77. The molecule has 0 nitrogen and oxygen atoms in total. The molecule has 2 aromatic rings. The molecule has 0 fully saturated rings. The van der Waals surface area contributed by atoms with Crippen LogP contribution in [0.25, 0.3) is 10.5 Å². The van der Waals surface area contributed by atoms with Crippen molar-refractivity contribution in [3.63, 3.8) is 0 Å². The van der Waals surface area contributed by atoms with Gasteiger partial charge in [-0.3, -0.25) is 0 Å². The van der Waals surface area contributed by atoms with Crippen LogP contribution < -0.4 is 5.30 Å². The molecule has 0 saturated heterocycles. The molecule has 0 saturated carbocycles. The molecule has 2 heteroatoms. The molecule has 0 aliphatic rings. The van der Waals surface area contributed by atoms with Crippen molar-refractivity contribution in [1.82, 2.24) is 0 Å². The fourth-order valence-electron chi connectivity index (χ4n) is 2.08. The van der Waals surface area contributed by atoms with E-state index < -0.39 is 0 Å². The fourth-order valence-corrected chi connectivity index (χ4v) is 5.03. The van der Waals surface area contributed by atoms with Gasteiger partial charge in [-0.1, -0.05) is 19.9 Å². The third-order valence-electron chi connectivity index (χ3n) is 2.57. The van der Waals surface area contributed by atoms with E-state index in [0.717, 1.165) is 5.66 Å². The second-order valence-electron chi connectivity index (χ2n) is 4.07. The van der Waals surface area contributed by atoms with Crippen molar-refractivity contribution in [1.29, 1.82) is 0 Å². The van der Waals surface area contributed by atoms with Crippen LogP contribution in [0.1, 0.15) is 24.8 Å². The molecule has 1 aromatic heterocycles. The smallest absolute Gasteiger partial charge is 0.00172 e. The topological polar surface area (TPSA) is 0 Å². The van der Waals surface area contributed by atoms with Gasteiger partial charge < -0.3 is 0 Å². The van der Waals surface area contributed by atoms with Gasteiger partial charge in [-0.05, 0) is 46.8 Å². The zero-order valence-corrected chi connectivity index (χ0v) is 11.0. The minimum absolute atomic E-state index is 0.0417. The van der Waals surface area contributed by atoms with E-state index in [4.69, 9.17) is 0 Å². The molecule has 2 atom stereocenters. The Labute approximate surface area is 89.0 Å². The van der Waals surface area contributed by atoms with Crippen LogP contribution in [0, 0.1) is 6.92 Å². The predicted octanol–water partition coefficient (Wildman–Crippen LogP) is 4.22. The quantitative estimate of drug-likeness (QED) is 0.634. The Morgan fingerprint density at radius 1 is 1.21 bits per heavy atom. The molecule has 0 aliphatic carbocycles. The minimum atomic E-state index is -0.0417. The molecule has 1 aromatic carbocycles. The summed E-state index contributed by atoms with van der Waals surface area (Å²) in [6, 6.07) is 9.13. The van der Waals surface area contributed by atoms with Crippen LogP contribution in [-0.4, -0.2) is 0 Å². The molecule has 14 heavy (non-hydrogen) atoms. The van der Waals surface area contributed by atoms with Crippen molar-refractivity contribution in [2.45, 2.75) is 26.4 Å². The third-order valence-corrected chi connectivity index (χ3v) is 5.78. The average molecular weight is 222 g/mol. The van der Waals surface area contributed by atoms with Gasteiger partial charge in [0.2, 0.25) is 0 Å². The van der Waals surface area contributed by atoms with E-state index in [1.54, 1.807) is 10.4 Å². The molecular formula is C12H16P2. The van der Waals surface area contributed by atoms with Crippen molar-refractivity contribution >= 4 is 32.6 Å². The van der Waals surface area contributed by atoms with Crippen LogP contribution >= 0.6 is 16.8 Å². The van der Waals surface area contributed by atoms with Gasteiger partial charge >= 0.3 is 0 Å². The van der Waals surface area contributed by atoms with E-state index in [9.17, 15) is 0 Å². The van der Waals surface area contributed by atoms with Crippen molar-refractivity contribution < 1.29 is 0 Å². The maximum absolute atomic E-state index is 2.77. The number of benzene rings is 1. The average Bonchev–Trinajstić information content (AvgIpc) is 2.39. The summed E-state index contributed by atoms with van der Waals surface area (Å²) >= 11 is 0. The van der Waals surface area contributed by atoms with Gasteiger partial charge in [-0.15, -0.1) is 16.8 Å². The van der Waals surface area contributed by atoms with E-state index >= 15 is 0 Å². The van der Waals surface area contributed by atoms with Crippen molar-refractivity contribution in [2.24, 2.45) is 0 Å². The summed E-state index contributed by atoms with van der Waals surface area (Å²) in [5.74, 6) is 0. The molecule has 0 N–H and O–H groups in total. The van der Waals surface area contributed by atoms with Gasteiger partial charge in [-0.2, -0.15) is 0 Å². The number of aryl methyl sites for hydroxylation is 1. The number of hydrogen-bond acceptors (Lipinski definition) is 0. The van der Waals surface area contributed by atoms with Gasteiger partial charge in [0.25, 0.3) is 0 Å². The Kier molecular flexibility index (Phi) is 2.69. The van der Waals surface area contributed by atoms with Crippen LogP contribution in [0.3, 0.4) is 0 Å². The Hall–Kier alpha value is -0.310. The zero-order chi connectivity index (χ0) is 10.3. The van der Waals surface area contributed by atoms with Crippen molar-refractivity contribution in [3.8, 4) is 0 Å². The largest absolute Gasteiger partial charge is 0.111 e. The molecule has 2 rings (SSSR count). The van der Waals surface area contributed by atoms with E-state index in [2.05, 4.69) is 54.3 Å². The van der Waals surface area contributed by atoms with Crippen LogP contribution in [0.2, 0.25) is 0 Å². The molecule has 0 bridgehead atoms. The van der Waals surface area contributed by atoms with Gasteiger partial charge in [0, 0.05) is 5.12 Å². The van der Waals surface area contributed by atoms with Crippen LogP contribution in [-0.2, 0) is 0 Å². The Morgan fingerprint density at radius 2 is 1.93 bits per heavy atom. The van der Waals surface area contributed by atoms with Crippen LogP contribution in [0.15, 0.2) is 24.3 Å².